The van der Waals surface area contributed by atoms with Crippen molar-refractivity contribution >= 4 is 11.9 Å². The number of nitrogens with zero attached hydrogens (tertiary/aromatic N) is 1. The highest BCUT2D eigenvalue weighted by atomic mass is 16.5. The molecule has 1 fully saturated rings. The van der Waals surface area contributed by atoms with Crippen LogP contribution in [-0.4, -0.2) is 49.1 Å². The maximum atomic E-state index is 11.7. The average molecular weight is 226 g/mol. The SMILES string of the molecule is C=CCC(=O)N1CCNCC1C(=O)OCC. The molecule has 1 heterocycles. The summed E-state index contributed by atoms with van der Waals surface area (Å²) in [6, 6.07) is -0.499. The molecule has 1 unspecified atom stereocenters. The number of nitrogens with one attached hydrogen (secondary N) is 1. The number of rotatable bonds is 4. The average Bonchev–Trinajstić information content (AvgIpc) is 2.30. The van der Waals surface area contributed by atoms with Crippen molar-refractivity contribution in [2.45, 2.75) is 19.4 Å². The van der Waals surface area contributed by atoms with Crippen LogP contribution in [0.5, 0.6) is 0 Å². The molecule has 16 heavy (non-hydrogen) atoms. The molecule has 0 radical (unpaired) electrons. The summed E-state index contributed by atoms with van der Waals surface area (Å²) in [6.45, 7) is 7.31. The molecule has 0 spiro atoms. The van der Waals surface area contributed by atoms with E-state index in [0.29, 0.717) is 26.2 Å². The highest BCUT2D eigenvalue weighted by Crippen LogP contribution is 2.08. The largest absolute Gasteiger partial charge is 0.464 e. The van der Waals surface area contributed by atoms with Gasteiger partial charge in [-0.05, 0) is 6.92 Å². The maximum absolute atomic E-state index is 11.7. The van der Waals surface area contributed by atoms with Crippen LogP contribution in [0.2, 0.25) is 0 Å². The number of carbonyl (C=O) groups excluding carboxylic acids is 2. The van der Waals surface area contributed by atoms with Crippen molar-refractivity contribution in [2.24, 2.45) is 0 Å². The van der Waals surface area contributed by atoms with Crippen molar-refractivity contribution in [1.82, 2.24) is 10.2 Å². The fourth-order valence-corrected chi connectivity index (χ4v) is 1.69. The van der Waals surface area contributed by atoms with Gasteiger partial charge in [-0.25, -0.2) is 4.79 Å². The normalized spacial score (nSPS) is 20.3. The van der Waals surface area contributed by atoms with E-state index in [-0.39, 0.29) is 18.3 Å². The Bertz CT molecular complexity index is 278. The third-order valence-corrected chi connectivity index (χ3v) is 2.44. The lowest BCUT2D eigenvalue weighted by Gasteiger charge is -2.34. The highest BCUT2D eigenvalue weighted by Gasteiger charge is 2.32. The first kappa shape index (κ1) is 12.7. The highest BCUT2D eigenvalue weighted by molar-refractivity contribution is 5.85. The molecule has 1 atom stereocenters. The van der Waals surface area contributed by atoms with Gasteiger partial charge in [0.2, 0.25) is 5.91 Å². The Morgan fingerprint density at radius 1 is 1.62 bits per heavy atom. The van der Waals surface area contributed by atoms with Crippen LogP contribution >= 0.6 is 0 Å². The van der Waals surface area contributed by atoms with Crippen molar-refractivity contribution in [1.29, 1.82) is 0 Å². The molecule has 0 bridgehead atoms. The van der Waals surface area contributed by atoms with Gasteiger partial charge in [-0.1, -0.05) is 6.08 Å². The van der Waals surface area contributed by atoms with Crippen LogP contribution in [0.3, 0.4) is 0 Å². The molecule has 90 valence electrons. The minimum Gasteiger partial charge on any atom is -0.464 e. The van der Waals surface area contributed by atoms with Crippen LogP contribution < -0.4 is 5.32 Å². The second-order valence-corrected chi connectivity index (χ2v) is 3.55. The molecule has 1 aliphatic rings. The first-order valence-corrected chi connectivity index (χ1v) is 5.48. The summed E-state index contributed by atoms with van der Waals surface area (Å²) in [7, 11) is 0. The molecule has 1 amide bonds. The first-order chi connectivity index (χ1) is 7.70. The molecule has 0 saturated carbocycles. The van der Waals surface area contributed by atoms with Crippen molar-refractivity contribution in [3.8, 4) is 0 Å². The van der Waals surface area contributed by atoms with Crippen LogP contribution in [0.15, 0.2) is 12.7 Å². The van der Waals surface area contributed by atoms with E-state index < -0.39 is 6.04 Å². The topological polar surface area (TPSA) is 58.6 Å². The predicted molar refractivity (Wildman–Crippen MR) is 59.8 cm³/mol. The minimum absolute atomic E-state index is 0.0745. The van der Waals surface area contributed by atoms with Crippen molar-refractivity contribution in [2.75, 3.05) is 26.2 Å². The molecule has 0 aliphatic carbocycles. The zero-order valence-corrected chi connectivity index (χ0v) is 9.57. The second kappa shape index (κ2) is 6.27. The number of esters is 1. The molecular weight excluding hydrogens is 208 g/mol. The van der Waals surface area contributed by atoms with Crippen molar-refractivity contribution in [3.63, 3.8) is 0 Å². The van der Waals surface area contributed by atoms with Gasteiger partial charge in [0.15, 0.2) is 0 Å². The van der Waals surface area contributed by atoms with Gasteiger partial charge < -0.3 is 15.0 Å². The van der Waals surface area contributed by atoms with E-state index in [4.69, 9.17) is 4.74 Å². The van der Waals surface area contributed by atoms with Crippen molar-refractivity contribution in [3.05, 3.63) is 12.7 Å². The number of piperazine rings is 1. The van der Waals surface area contributed by atoms with Gasteiger partial charge in [0.25, 0.3) is 0 Å². The molecule has 5 heteroatoms. The molecule has 0 aromatic rings. The standard InChI is InChI=1S/C11H18N2O3/c1-3-5-10(14)13-7-6-12-8-9(13)11(15)16-4-2/h3,9,12H,1,4-8H2,2H3. The Morgan fingerprint density at radius 2 is 2.38 bits per heavy atom. The third-order valence-electron chi connectivity index (χ3n) is 2.44. The zero-order chi connectivity index (χ0) is 12.0. The molecule has 1 aliphatic heterocycles. The Hall–Kier alpha value is -1.36. The van der Waals surface area contributed by atoms with Crippen LogP contribution in [0, 0.1) is 0 Å². The Labute approximate surface area is 95.4 Å². The van der Waals surface area contributed by atoms with E-state index in [1.54, 1.807) is 17.9 Å². The number of hydrogen-bond acceptors (Lipinski definition) is 4. The first-order valence-electron chi connectivity index (χ1n) is 5.48. The maximum Gasteiger partial charge on any atom is 0.330 e. The van der Waals surface area contributed by atoms with Crippen LogP contribution in [0.25, 0.3) is 0 Å². The lowest BCUT2D eigenvalue weighted by Crippen LogP contribution is -2.57. The van der Waals surface area contributed by atoms with Gasteiger partial charge in [0.05, 0.1) is 6.61 Å². The summed E-state index contributed by atoms with van der Waals surface area (Å²) in [5.74, 6) is -0.415. The number of hydrogen-bond donors (Lipinski definition) is 1. The summed E-state index contributed by atoms with van der Waals surface area (Å²) in [5, 5.41) is 3.08. The van der Waals surface area contributed by atoms with E-state index in [0.717, 1.165) is 0 Å². The summed E-state index contributed by atoms with van der Waals surface area (Å²) in [4.78, 5) is 24.9. The fourth-order valence-electron chi connectivity index (χ4n) is 1.69. The van der Waals surface area contributed by atoms with E-state index in [1.165, 1.54) is 0 Å². The summed E-state index contributed by atoms with van der Waals surface area (Å²) >= 11 is 0. The molecular formula is C11H18N2O3. The van der Waals surface area contributed by atoms with Crippen molar-refractivity contribution < 1.29 is 14.3 Å². The molecule has 5 nitrogen and oxygen atoms in total. The van der Waals surface area contributed by atoms with Gasteiger partial charge in [-0.3, -0.25) is 4.79 Å². The minimum atomic E-state index is -0.499. The fraction of sp³-hybridized carbons (Fsp3) is 0.636. The number of amides is 1. The van der Waals surface area contributed by atoms with E-state index in [1.807, 2.05) is 0 Å². The number of carbonyl (C=O) groups is 2. The van der Waals surface area contributed by atoms with E-state index >= 15 is 0 Å². The predicted octanol–water partition coefficient (Wildman–Crippen LogP) is -0.0740. The molecule has 0 aromatic carbocycles. The van der Waals surface area contributed by atoms with Gasteiger partial charge in [-0.2, -0.15) is 0 Å². The molecule has 0 aromatic heterocycles. The lowest BCUT2D eigenvalue weighted by molar-refractivity contribution is -0.155. The molecule has 1 saturated heterocycles. The van der Waals surface area contributed by atoms with Gasteiger partial charge >= 0.3 is 5.97 Å². The van der Waals surface area contributed by atoms with E-state index in [2.05, 4.69) is 11.9 Å². The summed E-state index contributed by atoms with van der Waals surface area (Å²) in [6.07, 6.45) is 1.81. The van der Waals surface area contributed by atoms with E-state index in [9.17, 15) is 9.59 Å². The van der Waals surface area contributed by atoms with Crippen LogP contribution in [-0.2, 0) is 14.3 Å². The monoisotopic (exact) mass is 226 g/mol. The zero-order valence-electron chi connectivity index (χ0n) is 9.57. The van der Waals surface area contributed by atoms with Gasteiger partial charge in [-0.15, -0.1) is 6.58 Å². The Morgan fingerprint density at radius 3 is 3.00 bits per heavy atom. The summed E-state index contributed by atoms with van der Waals surface area (Å²) in [5.41, 5.74) is 0. The summed E-state index contributed by atoms with van der Waals surface area (Å²) < 4.78 is 4.94. The van der Waals surface area contributed by atoms with Crippen LogP contribution in [0.1, 0.15) is 13.3 Å². The van der Waals surface area contributed by atoms with Crippen LogP contribution in [0.4, 0.5) is 0 Å². The molecule has 1 N–H and O–H groups in total. The Balaban J connectivity index is 2.66. The van der Waals surface area contributed by atoms with Gasteiger partial charge in [0, 0.05) is 26.1 Å². The second-order valence-electron chi connectivity index (χ2n) is 3.55. The Kier molecular flexibility index (Phi) is 4.98. The van der Waals surface area contributed by atoms with Gasteiger partial charge in [0.1, 0.15) is 6.04 Å². The number of ether oxygens (including phenoxy) is 1. The smallest absolute Gasteiger partial charge is 0.330 e. The molecule has 1 rings (SSSR count). The third kappa shape index (κ3) is 3.06. The lowest BCUT2D eigenvalue weighted by atomic mass is 10.1. The quantitative estimate of drug-likeness (QED) is 0.538.